The van der Waals surface area contributed by atoms with Gasteiger partial charge in [0, 0.05) is 11.0 Å². The number of carbonyl (C=O) groups is 1. The van der Waals surface area contributed by atoms with Gasteiger partial charge in [-0.1, -0.05) is 33.8 Å². The average Bonchev–Trinajstić information content (AvgIpc) is 2.85. The molecule has 0 fully saturated rings. The van der Waals surface area contributed by atoms with E-state index in [4.69, 9.17) is 9.84 Å². The van der Waals surface area contributed by atoms with Crippen molar-refractivity contribution in [2.45, 2.75) is 25.2 Å². The van der Waals surface area contributed by atoms with E-state index in [9.17, 15) is 4.79 Å². The van der Waals surface area contributed by atoms with E-state index in [1.807, 2.05) is 35.8 Å². The van der Waals surface area contributed by atoms with Crippen LogP contribution in [0.4, 0.5) is 0 Å². The van der Waals surface area contributed by atoms with Crippen LogP contribution in [0.3, 0.4) is 0 Å². The van der Waals surface area contributed by atoms with Gasteiger partial charge in [0.05, 0.1) is 5.75 Å². The Kier molecular flexibility index (Phi) is 5.63. The van der Waals surface area contributed by atoms with Crippen LogP contribution < -0.4 is 4.74 Å². The Morgan fingerprint density at radius 3 is 2.95 bits per heavy atom. The van der Waals surface area contributed by atoms with Crippen molar-refractivity contribution >= 4 is 33.7 Å². The van der Waals surface area contributed by atoms with Crippen molar-refractivity contribution in [3.05, 3.63) is 34.6 Å². The lowest BCUT2D eigenvalue weighted by Crippen LogP contribution is -2.08. The summed E-state index contributed by atoms with van der Waals surface area (Å²) in [5, 5.41) is 17.4. The number of hydrogen-bond donors (Lipinski definition) is 1. The van der Waals surface area contributed by atoms with Crippen LogP contribution in [0.1, 0.15) is 12.7 Å². The number of benzene rings is 1. The first kappa shape index (κ1) is 15.8. The number of hydrogen-bond acceptors (Lipinski definition) is 5. The van der Waals surface area contributed by atoms with Gasteiger partial charge in [-0.05, 0) is 25.1 Å². The minimum Gasteiger partial charge on any atom is -0.486 e. The van der Waals surface area contributed by atoms with Crippen molar-refractivity contribution < 1.29 is 14.6 Å². The van der Waals surface area contributed by atoms with Crippen LogP contribution in [0.15, 0.2) is 33.9 Å². The number of aliphatic carboxylic acids is 1. The maximum atomic E-state index is 10.6. The fraction of sp³-hybridized carbons (Fsp3) is 0.308. The molecule has 21 heavy (non-hydrogen) atoms. The molecule has 0 aliphatic carbocycles. The summed E-state index contributed by atoms with van der Waals surface area (Å²) in [6, 6.07) is 7.53. The summed E-state index contributed by atoms with van der Waals surface area (Å²) in [5.74, 6) is 0.489. The molecule has 112 valence electrons. The number of ether oxygens (including phenoxy) is 1. The lowest BCUT2D eigenvalue weighted by molar-refractivity contribution is -0.133. The predicted molar refractivity (Wildman–Crippen MR) is 82.5 cm³/mol. The summed E-state index contributed by atoms with van der Waals surface area (Å²) in [4.78, 5) is 10.6. The van der Waals surface area contributed by atoms with Crippen molar-refractivity contribution in [3.8, 4) is 5.75 Å². The van der Waals surface area contributed by atoms with Gasteiger partial charge in [-0.25, -0.2) is 0 Å². The number of thioether (sulfide) groups is 1. The molecule has 8 heteroatoms. The van der Waals surface area contributed by atoms with Crippen LogP contribution in [0.2, 0.25) is 0 Å². The van der Waals surface area contributed by atoms with Gasteiger partial charge in [-0.2, -0.15) is 0 Å². The maximum absolute atomic E-state index is 10.6. The quantitative estimate of drug-likeness (QED) is 0.754. The zero-order chi connectivity index (χ0) is 15.2. The van der Waals surface area contributed by atoms with E-state index in [0.29, 0.717) is 17.5 Å². The first-order valence-corrected chi connectivity index (χ1v) is 8.03. The molecule has 0 radical (unpaired) electrons. The van der Waals surface area contributed by atoms with Gasteiger partial charge < -0.3 is 14.4 Å². The zero-order valence-corrected chi connectivity index (χ0v) is 13.7. The molecule has 0 aliphatic rings. The molecule has 1 N–H and O–H groups in total. The van der Waals surface area contributed by atoms with Gasteiger partial charge in [0.25, 0.3) is 0 Å². The highest BCUT2D eigenvalue weighted by Gasteiger charge is 2.13. The Morgan fingerprint density at radius 1 is 1.48 bits per heavy atom. The van der Waals surface area contributed by atoms with Crippen molar-refractivity contribution in [1.29, 1.82) is 0 Å². The molecule has 0 unspecified atom stereocenters. The van der Waals surface area contributed by atoms with Gasteiger partial charge in [0.2, 0.25) is 0 Å². The number of rotatable bonds is 7. The topological polar surface area (TPSA) is 77.2 Å². The van der Waals surface area contributed by atoms with E-state index in [-0.39, 0.29) is 12.4 Å². The minimum absolute atomic E-state index is 0.0371. The molecule has 2 aromatic rings. The summed E-state index contributed by atoms with van der Waals surface area (Å²) in [6.07, 6.45) is 0. The Bertz CT molecular complexity index is 633. The number of halogens is 1. The highest BCUT2D eigenvalue weighted by molar-refractivity contribution is 9.10. The fourth-order valence-electron chi connectivity index (χ4n) is 1.68. The van der Waals surface area contributed by atoms with Gasteiger partial charge in [-0.15, -0.1) is 10.2 Å². The molecule has 0 bridgehead atoms. The second-order valence-corrected chi connectivity index (χ2v) is 5.93. The van der Waals surface area contributed by atoms with Crippen LogP contribution in [0.5, 0.6) is 5.75 Å². The Balaban J connectivity index is 2.04. The van der Waals surface area contributed by atoms with E-state index in [1.54, 1.807) is 0 Å². The lowest BCUT2D eigenvalue weighted by Gasteiger charge is -2.08. The smallest absolute Gasteiger partial charge is 0.313 e. The molecule has 0 spiro atoms. The standard InChI is InChI=1S/C13H14BrN3O3S/c1-2-17-11(15-16-13(17)21-8-12(18)19)7-20-10-5-3-4-9(14)6-10/h3-6H,2,7-8H2,1H3,(H,18,19). The fourth-order valence-corrected chi connectivity index (χ4v) is 2.80. The first-order valence-electron chi connectivity index (χ1n) is 6.25. The molecule has 0 amide bonds. The van der Waals surface area contributed by atoms with Crippen molar-refractivity contribution in [2.75, 3.05) is 5.75 Å². The SMILES string of the molecule is CCn1c(COc2cccc(Br)c2)nnc1SCC(=O)O. The molecular weight excluding hydrogens is 358 g/mol. The number of carboxylic acids is 1. The van der Waals surface area contributed by atoms with Crippen molar-refractivity contribution in [3.63, 3.8) is 0 Å². The van der Waals surface area contributed by atoms with Gasteiger partial charge >= 0.3 is 5.97 Å². The molecule has 6 nitrogen and oxygen atoms in total. The van der Waals surface area contributed by atoms with E-state index >= 15 is 0 Å². The molecule has 0 aliphatic heterocycles. The van der Waals surface area contributed by atoms with Crippen LogP contribution in [0.25, 0.3) is 0 Å². The maximum Gasteiger partial charge on any atom is 0.313 e. The van der Waals surface area contributed by atoms with Crippen molar-refractivity contribution in [1.82, 2.24) is 14.8 Å². The third kappa shape index (κ3) is 4.47. The van der Waals surface area contributed by atoms with Gasteiger partial charge in [0.15, 0.2) is 11.0 Å². The highest BCUT2D eigenvalue weighted by atomic mass is 79.9. The average molecular weight is 372 g/mol. The second kappa shape index (κ2) is 7.46. The molecular formula is C13H14BrN3O3S. The monoisotopic (exact) mass is 371 g/mol. The summed E-state index contributed by atoms with van der Waals surface area (Å²) < 4.78 is 8.47. The van der Waals surface area contributed by atoms with Gasteiger partial charge in [-0.3, -0.25) is 4.79 Å². The second-order valence-electron chi connectivity index (χ2n) is 4.07. The third-order valence-electron chi connectivity index (χ3n) is 2.60. The summed E-state index contributed by atoms with van der Waals surface area (Å²) >= 11 is 4.53. The Hall–Kier alpha value is -1.54. The molecule has 1 aromatic heterocycles. The Labute approximate surface area is 134 Å². The molecule has 0 atom stereocenters. The number of nitrogens with zero attached hydrogens (tertiary/aromatic N) is 3. The molecule has 1 heterocycles. The van der Waals surface area contributed by atoms with Crippen LogP contribution in [0, 0.1) is 0 Å². The zero-order valence-electron chi connectivity index (χ0n) is 11.3. The van der Waals surface area contributed by atoms with E-state index < -0.39 is 5.97 Å². The minimum atomic E-state index is -0.877. The molecule has 2 rings (SSSR count). The van der Waals surface area contributed by atoms with Crippen LogP contribution in [-0.2, 0) is 17.9 Å². The number of carboxylic acid groups (broad SMARTS) is 1. The Morgan fingerprint density at radius 2 is 2.29 bits per heavy atom. The van der Waals surface area contributed by atoms with Crippen molar-refractivity contribution in [2.24, 2.45) is 0 Å². The van der Waals surface area contributed by atoms with Gasteiger partial charge in [0.1, 0.15) is 12.4 Å². The number of aromatic nitrogens is 3. The third-order valence-corrected chi connectivity index (χ3v) is 4.04. The molecule has 0 saturated carbocycles. The molecule has 0 saturated heterocycles. The van der Waals surface area contributed by atoms with E-state index in [0.717, 1.165) is 22.0 Å². The van der Waals surface area contributed by atoms with Crippen LogP contribution in [-0.4, -0.2) is 31.6 Å². The largest absolute Gasteiger partial charge is 0.486 e. The summed E-state index contributed by atoms with van der Waals surface area (Å²) in [7, 11) is 0. The van der Waals surface area contributed by atoms with E-state index in [1.165, 1.54) is 0 Å². The lowest BCUT2D eigenvalue weighted by atomic mass is 10.3. The first-order chi connectivity index (χ1) is 10.1. The highest BCUT2D eigenvalue weighted by Crippen LogP contribution is 2.20. The summed E-state index contributed by atoms with van der Waals surface area (Å²) in [5.41, 5.74) is 0. The predicted octanol–water partition coefficient (Wildman–Crippen LogP) is 2.82. The molecule has 1 aromatic carbocycles. The normalized spacial score (nSPS) is 10.6. The van der Waals surface area contributed by atoms with Crippen LogP contribution >= 0.6 is 27.7 Å². The summed E-state index contributed by atoms with van der Waals surface area (Å²) in [6.45, 7) is 2.90. The van der Waals surface area contributed by atoms with E-state index in [2.05, 4.69) is 26.1 Å².